The first-order valence-electron chi connectivity index (χ1n) is 20.4. The van der Waals surface area contributed by atoms with Crippen LogP contribution in [0.5, 0.6) is 0 Å². The number of nitrogen functional groups attached to an aromatic ring is 2. The molecule has 4 aliphatic rings. The van der Waals surface area contributed by atoms with Crippen molar-refractivity contribution in [1.82, 2.24) is 34.7 Å². The molecule has 306 valence electrons. The lowest BCUT2D eigenvalue weighted by atomic mass is 10.0. The van der Waals surface area contributed by atoms with Gasteiger partial charge in [-0.15, -0.1) is 0 Å². The van der Waals surface area contributed by atoms with Gasteiger partial charge in [0.05, 0.1) is 29.7 Å². The quantitative estimate of drug-likeness (QED) is 0.0800. The number of amides is 2. The third-order valence-electron chi connectivity index (χ3n) is 12.1. The summed E-state index contributed by atoms with van der Waals surface area (Å²) in [6.07, 6.45) is 11.1. The third-order valence-corrected chi connectivity index (χ3v) is 13.6. The highest BCUT2D eigenvalue weighted by Crippen LogP contribution is 2.38. The van der Waals surface area contributed by atoms with Crippen LogP contribution < -0.4 is 27.8 Å². The van der Waals surface area contributed by atoms with Crippen molar-refractivity contribution in [3.8, 4) is 0 Å². The Balaban J connectivity index is 0.883. The van der Waals surface area contributed by atoms with Gasteiger partial charge in [0, 0.05) is 41.8 Å². The Morgan fingerprint density at radius 1 is 0.911 bits per heavy atom. The number of nitrogens with one attached hydrogen (secondary N) is 2. The summed E-state index contributed by atoms with van der Waals surface area (Å²) in [6, 6.07) is 0.337. The molecule has 0 aliphatic carbocycles. The van der Waals surface area contributed by atoms with Gasteiger partial charge >= 0.3 is 11.7 Å². The zero-order valence-corrected chi connectivity index (χ0v) is 33.2. The van der Waals surface area contributed by atoms with Gasteiger partial charge in [-0.2, -0.15) is 16.7 Å². The fourth-order valence-electron chi connectivity index (χ4n) is 8.96. The van der Waals surface area contributed by atoms with Crippen LogP contribution >= 0.6 is 11.8 Å². The monoisotopic (exact) mass is 795 g/mol. The summed E-state index contributed by atoms with van der Waals surface area (Å²) in [5.41, 5.74) is 14.3. The molecule has 16 nitrogen and oxygen atoms in total. The van der Waals surface area contributed by atoms with Gasteiger partial charge in [0.15, 0.2) is 6.23 Å². The molecule has 8 N–H and O–H groups in total. The van der Waals surface area contributed by atoms with Crippen molar-refractivity contribution in [1.29, 1.82) is 0 Å². The smallest absolute Gasteiger partial charge is 0.351 e. The molecule has 4 fully saturated rings. The summed E-state index contributed by atoms with van der Waals surface area (Å²) in [4.78, 5) is 49.8. The number of ether oxygens (including phenoxy) is 2. The van der Waals surface area contributed by atoms with Gasteiger partial charge in [0.25, 0.3) is 0 Å². The number of ketones is 1. The number of rotatable bonds is 18. The molecule has 2 amide bonds. The molecule has 7 rings (SSSR count). The zero-order chi connectivity index (χ0) is 39.5. The molecule has 3 aromatic rings. The Bertz CT molecular complexity index is 1920. The molecule has 4 unspecified atom stereocenters. The molecule has 0 saturated carbocycles. The number of nitrogens with two attached hydrogens (primary N) is 2. The predicted octanol–water partition coefficient (Wildman–Crippen LogP) is 3.53. The zero-order valence-electron chi connectivity index (χ0n) is 32.3. The van der Waals surface area contributed by atoms with Crippen molar-refractivity contribution in [2.45, 2.75) is 158 Å². The largest absolute Gasteiger partial charge is 0.388 e. The van der Waals surface area contributed by atoms with Crippen LogP contribution in [0.4, 0.5) is 16.4 Å². The highest BCUT2D eigenvalue weighted by Gasteiger charge is 2.44. The predicted molar refractivity (Wildman–Crippen MR) is 213 cm³/mol. The molecular formula is C39H57N9O7S. The minimum atomic E-state index is -1.19. The van der Waals surface area contributed by atoms with Crippen molar-refractivity contribution >= 4 is 46.2 Å². The second-order valence-corrected chi connectivity index (χ2v) is 17.3. The highest BCUT2D eigenvalue weighted by molar-refractivity contribution is 8.00. The number of nitrogens with zero attached hydrogens (tertiary/aromatic N) is 5. The molecule has 0 spiro atoms. The molecule has 4 aliphatic heterocycles. The maximum atomic E-state index is 12.7. The fourth-order valence-corrected chi connectivity index (χ4v) is 10.5. The van der Waals surface area contributed by atoms with Gasteiger partial charge in [0.2, 0.25) is 0 Å². The van der Waals surface area contributed by atoms with E-state index in [0.29, 0.717) is 73.0 Å². The third kappa shape index (κ3) is 8.71. The number of aryl methyl sites for hydroxylation is 2. The highest BCUT2D eigenvalue weighted by atomic mass is 32.2. The standard InChI is InChI=1S/C39H57N9O7S/c1-3-26-21(2)16-29(54-26)47-18-23(34(40)46-39(47)53)11-5-8-14-27-32(50)33(51)37(55-27)48-17-22(30-35(41)42-20-43-36(30)48)10-4-6-12-24(49)13-7-9-15-28-31-25(19-56-28)44-38(52)45-31/h17-18,20-21,25-29,31-33,37,50-51H,3-16,19H2,1-2H3,(H2,40,46,53)(H2,41,42,43)(H2,44,45,52)/t21-,25?,26+,27+,28?,29+,31?,32?,33-,37+/m0/s1. The minimum absolute atomic E-state index is 0.0743. The van der Waals surface area contributed by atoms with Gasteiger partial charge in [-0.3, -0.25) is 9.36 Å². The summed E-state index contributed by atoms with van der Waals surface area (Å²) in [5, 5.41) is 29.3. The van der Waals surface area contributed by atoms with Crippen LogP contribution in [0, 0.1) is 5.92 Å². The molecule has 4 saturated heterocycles. The van der Waals surface area contributed by atoms with Gasteiger partial charge < -0.3 is 46.4 Å². The lowest BCUT2D eigenvalue weighted by Gasteiger charge is -2.17. The van der Waals surface area contributed by atoms with Crippen molar-refractivity contribution in [2.24, 2.45) is 5.92 Å². The maximum absolute atomic E-state index is 12.7. The van der Waals surface area contributed by atoms with E-state index in [1.54, 1.807) is 15.3 Å². The number of fused-ring (bicyclic) bond motifs is 2. The second-order valence-electron chi connectivity index (χ2n) is 16.0. The lowest BCUT2D eigenvalue weighted by molar-refractivity contribution is -0.119. The van der Waals surface area contributed by atoms with Gasteiger partial charge in [-0.1, -0.05) is 26.7 Å². The maximum Gasteiger partial charge on any atom is 0.351 e. The Morgan fingerprint density at radius 2 is 1.64 bits per heavy atom. The van der Waals surface area contributed by atoms with E-state index >= 15 is 0 Å². The van der Waals surface area contributed by atoms with E-state index in [2.05, 4.69) is 39.4 Å². The van der Waals surface area contributed by atoms with E-state index in [1.165, 1.54) is 6.33 Å². The number of hydrogen-bond acceptors (Lipinski definition) is 13. The van der Waals surface area contributed by atoms with Crippen molar-refractivity contribution < 1.29 is 29.3 Å². The number of hydrogen-bond donors (Lipinski definition) is 6. The number of aliphatic hydroxyl groups is 2. The summed E-state index contributed by atoms with van der Waals surface area (Å²) in [7, 11) is 0. The summed E-state index contributed by atoms with van der Waals surface area (Å²) in [6.45, 7) is 4.21. The second kappa shape index (κ2) is 17.8. The molecule has 7 heterocycles. The van der Waals surface area contributed by atoms with E-state index in [4.69, 9.17) is 20.9 Å². The van der Waals surface area contributed by atoms with Crippen LogP contribution in [0.3, 0.4) is 0 Å². The first-order chi connectivity index (χ1) is 27.0. The normalized spacial score (nSPS) is 29.9. The number of thioether (sulfide) groups is 1. The van der Waals surface area contributed by atoms with E-state index in [-0.39, 0.29) is 42.0 Å². The summed E-state index contributed by atoms with van der Waals surface area (Å²) in [5.74, 6) is 2.08. The van der Waals surface area contributed by atoms with Crippen molar-refractivity contribution in [3.63, 3.8) is 0 Å². The molecule has 3 aromatic heterocycles. The molecule has 56 heavy (non-hydrogen) atoms. The Morgan fingerprint density at radius 3 is 2.43 bits per heavy atom. The average molecular weight is 796 g/mol. The number of anilines is 2. The molecule has 0 bridgehead atoms. The van der Waals surface area contributed by atoms with Crippen molar-refractivity contribution in [2.75, 3.05) is 17.2 Å². The van der Waals surface area contributed by atoms with Crippen LogP contribution in [-0.4, -0.2) is 93.6 Å². The van der Waals surface area contributed by atoms with E-state index < -0.39 is 30.2 Å². The topological polar surface area (TPSA) is 235 Å². The van der Waals surface area contributed by atoms with Crippen LogP contribution in [0.1, 0.15) is 114 Å². The Kier molecular flexibility index (Phi) is 12.8. The molecule has 0 radical (unpaired) electrons. The SMILES string of the molecule is CC[C@H]1O[C@@H](n2cc(CCCC[C@H]3O[C@@H](n4cc(CCCCC(=O)CCCCC5SCC6NC(=O)NC65)c5c(N)ncnc54)[C@@H](O)C3O)c(N)nc2=O)C[C@@H]1C. The Labute approximate surface area is 330 Å². The molecule has 10 atom stereocenters. The molecular weight excluding hydrogens is 739 g/mol. The Hall–Kier alpha value is -3.77. The van der Waals surface area contributed by atoms with Crippen LogP contribution in [0.25, 0.3) is 11.0 Å². The lowest BCUT2D eigenvalue weighted by Crippen LogP contribution is -2.36. The van der Waals surface area contributed by atoms with E-state index in [0.717, 1.165) is 61.8 Å². The van der Waals surface area contributed by atoms with Crippen LogP contribution in [0.15, 0.2) is 23.5 Å². The number of unbranched alkanes of at least 4 members (excludes halogenated alkanes) is 3. The number of Topliss-reactive ketones (excluding diaryl/α,β-unsaturated/α-hetero) is 1. The number of carbonyl (C=O) groups is 2. The fraction of sp³-hybridized carbons (Fsp3) is 0.692. The van der Waals surface area contributed by atoms with Crippen molar-refractivity contribution in [3.05, 3.63) is 40.3 Å². The van der Waals surface area contributed by atoms with Gasteiger partial charge in [0.1, 0.15) is 47.8 Å². The molecule has 17 heteroatoms. The first kappa shape index (κ1) is 40.4. The number of aliphatic hydroxyl groups excluding tert-OH is 2. The number of urea groups is 1. The summed E-state index contributed by atoms with van der Waals surface area (Å²) < 4.78 is 15.7. The molecule has 0 aromatic carbocycles. The van der Waals surface area contributed by atoms with Crippen LogP contribution in [0.2, 0.25) is 0 Å². The summed E-state index contributed by atoms with van der Waals surface area (Å²) >= 11 is 1.90. The minimum Gasteiger partial charge on any atom is -0.388 e. The van der Waals surface area contributed by atoms with E-state index in [1.807, 2.05) is 18.0 Å². The van der Waals surface area contributed by atoms with Crippen LogP contribution in [-0.2, 0) is 27.1 Å². The van der Waals surface area contributed by atoms with E-state index in [9.17, 15) is 24.6 Å². The van der Waals surface area contributed by atoms with Gasteiger partial charge in [-0.25, -0.2) is 19.6 Å². The van der Waals surface area contributed by atoms with Gasteiger partial charge in [-0.05, 0) is 75.7 Å². The average Bonchev–Trinajstić information content (AvgIpc) is 3.98. The number of aromatic nitrogens is 5. The number of carbonyl (C=O) groups excluding carboxylic acids is 2. The first-order valence-corrected chi connectivity index (χ1v) is 21.4.